The molecule has 6 nitrogen and oxygen atoms in total. The van der Waals surface area contributed by atoms with Gasteiger partial charge in [-0.2, -0.15) is 0 Å². The number of aryl methyl sites for hydroxylation is 1. The number of fused-ring (bicyclic) bond motifs is 1. The van der Waals surface area contributed by atoms with Gasteiger partial charge < -0.3 is 15.0 Å². The smallest absolute Gasteiger partial charge is 0.407 e. The number of aromatic nitrogens is 2. The Balaban J connectivity index is 1.96. The second-order valence-electron chi connectivity index (χ2n) is 5.61. The Morgan fingerprint density at radius 1 is 1.41 bits per heavy atom. The summed E-state index contributed by atoms with van der Waals surface area (Å²) in [5, 5.41) is 9.56. The molecule has 1 aromatic carbocycles. The van der Waals surface area contributed by atoms with Gasteiger partial charge in [-0.1, -0.05) is 15.9 Å². The van der Waals surface area contributed by atoms with Gasteiger partial charge in [-0.25, -0.2) is 9.78 Å². The second kappa shape index (κ2) is 5.72. The summed E-state index contributed by atoms with van der Waals surface area (Å²) < 4.78 is 0.854. The lowest BCUT2D eigenvalue weighted by atomic mass is 9.96. The van der Waals surface area contributed by atoms with Gasteiger partial charge in [-0.15, -0.1) is 0 Å². The van der Waals surface area contributed by atoms with Crippen molar-refractivity contribution < 1.29 is 9.90 Å². The van der Waals surface area contributed by atoms with Gasteiger partial charge in [0.05, 0.1) is 10.9 Å². The molecule has 0 unspecified atom stereocenters. The van der Waals surface area contributed by atoms with Crippen LogP contribution in [0, 0.1) is 6.92 Å². The van der Waals surface area contributed by atoms with Gasteiger partial charge in [-0.3, -0.25) is 4.79 Å². The number of hydrogen-bond donors (Lipinski definition) is 2. The molecule has 0 bridgehead atoms. The zero-order valence-electron chi connectivity index (χ0n) is 12.1. The van der Waals surface area contributed by atoms with Crippen molar-refractivity contribution in [3.63, 3.8) is 0 Å². The van der Waals surface area contributed by atoms with Crippen molar-refractivity contribution in [2.45, 2.75) is 25.7 Å². The molecule has 116 valence electrons. The summed E-state index contributed by atoms with van der Waals surface area (Å²) in [6.45, 7) is 2.87. The maximum Gasteiger partial charge on any atom is 0.407 e. The number of benzene rings is 1. The van der Waals surface area contributed by atoms with Crippen molar-refractivity contribution >= 4 is 32.9 Å². The molecule has 0 atom stereocenters. The van der Waals surface area contributed by atoms with Crippen LogP contribution < -0.4 is 5.56 Å². The Hall–Kier alpha value is -1.89. The monoisotopic (exact) mass is 365 g/mol. The zero-order valence-corrected chi connectivity index (χ0v) is 13.7. The molecular formula is C15H16BrN3O3. The molecule has 0 aliphatic carbocycles. The van der Waals surface area contributed by atoms with E-state index in [0.29, 0.717) is 42.7 Å². The van der Waals surface area contributed by atoms with E-state index in [1.54, 1.807) is 6.07 Å². The first-order valence-corrected chi connectivity index (χ1v) is 7.93. The van der Waals surface area contributed by atoms with Crippen LogP contribution in [0.1, 0.15) is 30.1 Å². The number of hydrogen-bond acceptors (Lipinski definition) is 3. The number of carbonyl (C=O) groups is 1. The Morgan fingerprint density at radius 3 is 2.73 bits per heavy atom. The van der Waals surface area contributed by atoms with E-state index in [1.165, 1.54) is 4.90 Å². The normalized spacial score (nSPS) is 16.2. The van der Waals surface area contributed by atoms with Crippen LogP contribution >= 0.6 is 15.9 Å². The molecule has 1 aliphatic heterocycles. The van der Waals surface area contributed by atoms with Gasteiger partial charge in [0.1, 0.15) is 5.82 Å². The van der Waals surface area contributed by atoms with E-state index in [-0.39, 0.29) is 11.5 Å². The minimum atomic E-state index is -0.890. The van der Waals surface area contributed by atoms with Crippen molar-refractivity contribution in [1.82, 2.24) is 14.9 Å². The number of rotatable bonds is 1. The number of carboxylic acid groups (broad SMARTS) is 1. The summed E-state index contributed by atoms with van der Waals surface area (Å²) in [6, 6.07) is 3.70. The van der Waals surface area contributed by atoms with Crippen molar-refractivity contribution in [1.29, 1.82) is 0 Å². The van der Waals surface area contributed by atoms with E-state index >= 15 is 0 Å². The topological polar surface area (TPSA) is 86.3 Å². The summed E-state index contributed by atoms with van der Waals surface area (Å²) in [5.41, 5.74) is 1.51. The van der Waals surface area contributed by atoms with E-state index in [1.807, 2.05) is 13.0 Å². The first kappa shape index (κ1) is 15.0. The number of amides is 1. The Labute approximate surface area is 135 Å². The average Bonchev–Trinajstić information content (AvgIpc) is 2.48. The van der Waals surface area contributed by atoms with E-state index in [9.17, 15) is 9.59 Å². The maximum absolute atomic E-state index is 12.3. The van der Waals surface area contributed by atoms with Gasteiger partial charge in [0.2, 0.25) is 0 Å². The average molecular weight is 366 g/mol. The van der Waals surface area contributed by atoms with Gasteiger partial charge in [-0.05, 0) is 37.5 Å². The van der Waals surface area contributed by atoms with Crippen molar-refractivity contribution in [2.75, 3.05) is 13.1 Å². The van der Waals surface area contributed by atoms with Crippen LogP contribution in [0.5, 0.6) is 0 Å². The van der Waals surface area contributed by atoms with Crippen molar-refractivity contribution in [3.05, 3.63) is 38.3 Å². The molecule has 1 fully saturated rings. The summed E-state index contributed by atoms with van der Waals surface area (Å²) in [7, 11) is 0. The lowest BCUT2D eigenvalue weighted by Crippen LogP contribution is -2.37. The molecule has 1 amide bonds. The Morgan fingerprint density at radius 2 is 2.09 bits per heavy atom. The fourth-order valence-corrected chi connectivity index (χ4v) is 3.50. The molecule has 0 spiro atoms. The first-order chi connectivity index (χ1) is 10.5. The van der Waals surface area contributed by atoms with Crippen LogP contribution in [0.3, 0.4) is 0 Å². The fourth-order valence-electron chi connectivity index (χ4n) is 2.93. The predicted molar refractivity (Wildman–Crippen MR) is 86.4 cm³/mol. The van der Waals surface area contributed by atoms with Gasteiger partial charge in [0.25, 0.3) is 5.56 Å². The highest BCUT2D eigenvalue weighted by atomic mass is 79.9. The van der Waals surface area contributed by atoms with Crippen LogP contribution in [0.4, 0.5) is 4.79 Å². The minimum Gasteiger partial charge on any atom is -0.465 e. The summed E-state index contributed by atoms with van der Waals surface area (Å²) in [4.78, 5) is 32.1. The first-order valence-electron chi connectivity index (χ1n) is 7.13. The standard InChI is InChI=1S/C15H16BrN3O3/c1-8-6-10(16)7-11-12(8)17-13(18-14(11)20)9-2-4-19(5-3-9)15(21)22/h6-7,9H,2-5H2,1H3,(H,21,22)(H,17,18,20). The third-order valence-electron chi connectivity index (χ3n) is 4.14. The van der Waals surface area contributed by atoms with Gasteiger partial charge in [0.15, 0.2) is 0 Å². The third kappa shape index (κ3) is 2.72. The molecule has 2 aromatic rings. The van der Waals surface area contributed by atoms with E-state index < -0.39 is 6.09 Å². The molecule has 1 saturated heterocycles. The number of likely N-dealkylation sites (tertiary alicyclic amines) is 1. The Kier molecular flexibility index (Phi) is 3.90. The zero-order chi connectivity index (χ0) is 15.9. The van der Waals surface area contributed by atoms with Crippen LogP contribution in [-0.2, 0) is 0 Å². The SMILES string of the molecule is Cc1cc(Br)cc2c(=O)[nH]c(C3CCN(C(=O)O)CC3)nc12. The quantitative estimate of drug-likeness (QED) is 0.813. The molecule has 0 saturated carbocycles. The molecule has 1 aromatic heterocycles. The molecule has 1 aliphatic rings. The third-order valence-corrected chi connectivity index (χ3v) is 4.59. The maximum atomic E-state index is 12.3. The van der Waals surface area contributed by atoms with E-state index in [2.05, 4.69) is 25.9 Å². The lowest BCUT2D eigenvalue weighted by molar-refractivity contribution is 0.131. The second-order valence-corrected chi connectivity index (χ2v) is 6.53. The van der Waals surface area contributed by atoms with Crippen molar-refractivity contribution in [3.8, 4) is 0 Å². The minimum absolute atomic E-state index is 0.0933. The summed E-state index contributed by atoms with van der Waals surface area (Å²) >= 11 is 3.39. The molecule has 7 heteroatoms. The van der Waals surface area contributed by atoms with E-state index in [0.717, 1.165) is 10.0 Å². The molecule has 22 heavy (non-hydrogen) atoms. The van der Waals surface area contributed by atoms with Crippen molar-refractivity contribution in [2.24, 2.45) is 0 Å². The van der Waals surface area contributed by atoms with Crippen LogP contribution in [0.25, 0.3) is 10.9 Å². The molecule has 0 radical (unpaired) electrons. The predicted octanol–water partition coefficient (Wildman–Crippen LogP) is 2.85. The number of nitrogens with one attached hydrogen (secondary N) is 1. The summed E-state index contributed by atoms with van der Waals surface area (Å²) in [6.07, 6.45) is 0.464. The van der Waals surface area contributed by atoms with Gasteiger partial charge in [0, 0.05) is 23.5 Å². The number of piperidine rings is 1. The van der Waals surface area contributed by atoms with E-state index in [4.69, 9.17) is 5.11 Å². The molecule has 2 N–H and O–H groups in total. The molecule has 3 rings (SSSR count). The van der Waals surface area contributed by atoms with Crippen LogP contribution in [0.2, 0.25) is 0 Å². The lowest BCUT2D eigenvalue weighted by Gasteiger charge is -2.29. The number of H-pyrrole nitrogens is 1. The highest BCUT2D eigenvalue weighted by Crippen LogP contribution is 2.27. The Bertz CT molecular complexity index is 794. The van der Waals surface area contributed by atoms with Crippen LogP contribution in [0.15, 0.2) is 21.4 Å². The van der Waals surface area contributed by atoms with Crippen LogP contribution in [-0.4, -0.2) is 39.2 Å². The highest BCUT2D eigenvalue weighted by Gasteiger charge is 2.25. The number of aromatic amines is 1. The highest BCUT2D eigenvalue weighted by molar-refractivity contribution is 9.10. The number of halogens is 1. The largest absolute Gasteiger partial charge is 0.465 e. The fraction of sp³-hybridized carbons (Fsp3) is 0.400. The molecular weight excluding hydrogens is 350 g/mol. The van der Waals surface area contributed by atoms with Gasteiger partial charge >= 0.3 is 6.09 Å². The molecule has 2 heterocycles. The number of nitrogens with zero attached hydrogens (tertiary/aromatic N) is 2. The summed E-state index contributed by atoms with van der Waals surface area (Å²) in [5.74, 6) is 0.753.